The molecule has 0 saturated carbocycles. The number of aliphatic hydroxyl groups is 1. The van der Waals surface area contributed by atoms with E-state index in [4.69, 9.17) is 0 Å². The van der Waals surface area contributed by atoms with Crippen molar-refractivity contribution in [1.29, 1.82) is 0 Å². The van der Waals surface area contributed by atoms with Crippen molar-refractivity contribution >= 4 is 0 Å². The fraction of sp³-hybridized carbons (Fsp3) is 0.571. The van der Waals surface area contributed by atoms with Gasteiger partial charge in [-0.05, 0) is 42.2 Å². The summed E-state index contributed by atoms with van der Waals surface area (Å²) >= 11 is 0. The fourth-order valence-electron chi connectivity index (χ4n) is 2.43. The molecule has 15 heavy (non-hydrogen) atoms. The molecule has 1 heteroatoms. The first-order chi connectivity index (χ1) is 7.03. The fourth-order valence-corrected chi connectivity index (χ4v) is 2.43. The van der Waals surface area contributed by atoms with Crippen molar-refractivity contribution in [2.24, 2.45) is 11.3 Å². The van der Waals surface area contributed by atoms with Gasteiger partial charge >= 0.3 is 0 Å². The lowest BCUT2D eigenvalue weighted by Crippen LogP contribution is -2.28. The molecule has 0 fully saturated rings. The maximum atomic E-state index is 9.39. The van der Waals surface area contributed by atoms with Crippen LogP contribution in [0.15, 0.2) is 18.2 Å². The Balaban J connectivity index is 2.22. The highest BCUT2D eigenvalue weighted by Crippen LogP contribution is 2.38. The van der Waals surface area contributed by atoms with Gasteiger partial charge in [0.05, 0.1) is 0 Å². The first-order valence-electron chi connectivity index (χ1n) is 5.72. The van der Waals surface area contributed by atoms with E-state index >= 15 is 0 Å². The Morgan fingerprint density at radius 1 is 1.27 bits per heavy atom. The van der Waals surface area contributed by atoms with E-state index in [1.54, 1.807) is 0 Å². The summed E-state index contributed by atoms with van der Waals surface area (Å²) in [5, 5.41) is 9.39. The van der Waals surface area contributed by atoms with Gasteiger partial charge in [-0.1, -0.05) is 37.6 Å². The van der Waals surface area contributed by atoms with Crippen molar-refractivity contribution < 1.29 is 5.11 Å². The van der Waals surface area contributed by atoms with Gasteiger partial charge < -0.3 is 5.11 Å². The summed E-state index contributed by atoms with van der Waals surface area (Å²) in [6, 6.07) is 6.73. The Morgan fingerprint density at radius 3 is 2.60 bits per heavy atom. The Hall–Kier alpha value is -0.820. The summed E-state index contributed by atoms with van der Waals surface area (Å²) in [6.45, 7) is 6.75. The third kappa shape index (κ3) is 1.93. The molecule has 0 bridgehead atoms. The van der Waals surface area contributed by atoms with Gasteiger partial charge in [-0.2, -0.15) is 0 Å². The lowest BCUT2D eigenvalue weighted by molar-refractivity contribution is 0.101. The van der Waals surface area contributed by atoms with Crippen molar-refractivity contribution in [3.63, 3.8) is 0 Å². The molecule has 0 aliphatic heterocycles. The zero-order chi connectivity index (χ0) is 11.1. The monoisotopic (exact) mass is 204 g/mol. The van der Waals surface area contributed by atoms with E-state index in [9.17, 15) is 5.11 Å². The van der Waals surface area contributed by atoms with Crippen molar-refractivity contribution in [2.45, 2.75) is 33.6 Å². The van der Waals surface area contributed by atoms with E-state index in [1.165, 1.54) is 16.7 Å². The molecule has 0 radical (unpaired) electrons. The Bertz CT molecular complexity index is 366. The normalized spacial score (nSPS) is 20.4. The molecule has 1 atom stereocenters. The zero-order valence-corrected chi connectivity index (χ0v) is 9.88. The van der Waals surface area contributed by atoms with Crippen LogP contribution in [0.1, 0.15) is 30.5 Å². The second kappa shape index (κ2) is 3.64. The first kappa shape index (κ1) is 10.7. The molecule has 0 heterocycles. The molecule has 1 aromatic rings. The zero-order valence-electron chi connectivity index (χ0n) is 9.88. The van der Waals surface area contributed by atoms with Crippen LogP contribution in [0.2, 0.25) is 0 Å². The molecule has 1 N–H and O–H groups in total. The van der Waals surface area contributed by atoms with Gasteiger partial charge in [0.15, 0.2) is 0 Å². The van der Waals surface area contributed by atoms with Gasteiger partial charge in [-0.25, -0.2) is 0 Å². The van der Waals surface area contributed by atoms with Crippen molar-refractivity contribution in [3.8, 4) is 0 Å². The van der Waals surface area contributed by atoms with Crippen LogP contribution >= 0.6 is 0 Å². The molecule has 0 spiro atoms. The topological polar surface area (TPSA) is 20.2 Å². The molecular weight excluding hydrogens is 184 g/mol. The second-order valence-electron chi connectivity index (χ2n) is 5.52. The lowest BCUT2D eigenvalue weighted by atomic mass is 9.78. The van der Waals surface area contributed by atoms with Gasteiger partial charge in [0.2, 0.25) is 0 Å². The van der Waals surface area contributed by atoms with Crippen molar-refractivity contribution in [3.05, 3.63) is 34.9 Å². The van der Waals surface area contributed by atoms with Crippen LogP contribution in [-0.4, -0.2) is 11.7 Å². The molecule has 0 saturated heterocycles. The Labute approximate surface area is 92.1 Å². The van der Waals surface area contributed by atoms with Gasteiger partial charge in [0.1, 0.15) is 0 Å². The standard InChI is InChI=1S/C14H20O/c1-10-4-5-11-7-13(8-12(11)6-10)14(2,3)9-15/h4-6,13,15H,7-9H2,1-3H3. The average Bonchev–Trinajstić information content (AvgIpc) is 2.61. The quantitative estimate of drug-likeness (QED) is 0.785. The van der Waals surface area contributed by atoms with Gasteiger partial charge in [-0.15, -0.1) is 0 Å². The van der Waals surface area contributed by atoms with Crippen LogP contribution in [0, 0.1) is 18.3 Å². The minimum atomic E-state index is 0.0485. The molecule has 0 aromatic heterocycles. The maximum absolute atomic E-state index is 9.39. The van der Waals surface area contributed by atoms with Crippen LogP contribution in [0.25, 0.3) is 0 Å². The molecule has 82 valence electrons. The molecule has 2 rings (SSSR count). The summed E-state index contributed by atoms with van der Waals surface area (Å²) in [7, 11) is 0. The van der Waals surface area contributed by atoms with Crippen LogP contribution in [0.4, 0.5) is 0 Å². The number of benzene rings is 1. The molecule has 1 aromatic carbocycles. The molecule has 1 unspecified atom stereocenters. The number of rotatable bonds is 2. The summed E-state index contributed by atoms with van der Waals surface area (Å²) in [5.74, 6) is 0.597. The van der Waals surface area contributed by atoms with Crippen LogP contribution in [0.5, 0.6) is 0 Å². The number of aliphatic hydroxyl groups excluding tert-OH is 1. The van der Waals surface area contributed by atoms with E-state index in [0.29, 0.717) is 5.92 Å². The van der Waals surface area contributed by atoms with E-state index in [-0.39, 0.29) is 12.0 Å². The predicted molar refractivity (Wildman–Crippen MR) is 62.9 cm³/mol. The van der Waals surface area contributed by atoms with E-state index in [0.717, 1.165) is 12.8 Å². The number of fused-ring (bicyclic) bond motifs is 1. The van der Waals surface area contributed by atoms with Gasteiger partial charge in [0, 0.05) is 6.61 Å². The van der Waals surface area contributed by atoms with Crippen LogP contribution < -0.4 is 0 Å². The van der Waals surface area contributed by atoms with E-state index < -0.39 is 0 Å². The highest BCUT2D eigenvalue weighted by atomic mass is 16.3. The second-order valence-corrected chi connectivity index (χ2v) is 5.52. The molecule has 1 aliphatic rings. The van der Waals surface area contributed by atoms with Crippen LogP contribution in [-0.2, 0) is 12.8 Å². The maximum Gasteiger partial charge on any atom is 0.0485 e. The largest absolute Gasteiger partial charge is 0.396 e. The summed E-state index contributed by atoms with van der Waals surface area (Å²) in [4.78, 5) is 0. The molecule has 1 aliphatic carbocycles. The number of hydrogen-bond donors (Lipinski definition) is 1. The Morgan fingerprint density at radius 2 is 1.93 bits per heavy atom. The average molecular weight is 204 g/mol. The third-order valence-electron chi connectivity index (χ3n) is 3.81. The first-order valence-corrected chi connectivity index (χ1v) is 5.72. The SMILES string of the molecule is Cc1ccc2c(c1)CC(C(C)(C)CO)C2. The number of aryl methyl sites for hydroxylation is 1. The highest BCUT2D eigenvalue weighted by Gasteiger charge is 2.33. The minimum absolute atomic E-state index is 0.0485. The van der Waals surface area contributed by atoms with Crippen LogP contribution in [0.3, 0.4) is 0 Å². The van der Waals surface area contributed by atoms with Gasteiger partial charge in [-0.3, -0.25) is 0 Å². The van der Waals surface area contributed by atoms with E-state index in [2.05, 4.69) is 39.0 Å². The third-order valence-corrected chi connectivity index (χ3v) is 3.81. The van der Waals surface area contributed by atoms with Crippen molar-refractivity contribution in [2.75, 3.05) is 6.61 Å². The highest BCUT2D eigenvalue weighted by molar-refractivity contribution is 5.36. The Kier molecular flexibility index (Phi) is 2.59. The number of hydrogen-bond acceptors (Lipinski definition) is 1. The van der Waals surface area contributed by atoms with E-state index in [1.807, 2.05) is 0 Å². The summed E-state index contributed by atoms with van der Waals surface area (Å²) in [5.41, 5.74) is 4.36. The van der Waals surface area contributed by atoms with Gasteiger partial charge in [0.25, 0.3) is 0 Å². The predicted octanol–water partition coefficient (Wildman–Crippen LogP) is 2.73. The minimum Gasteiger partial charge on any atom is -0.396 e. The summed E-state index contributed by atoms with van der Waals surface area (Å²) < 4.78 is 0. The lowest BCUT2D eigenvalue weighted by Gasteiger charge is -2.29. The molecule has 0 amide bonds. The smallest absolute Gasteiger partial charge is 0.0485 e. The van der Waals surface area contributed by atoms with Crippen molar-refractivity contribution in [1.82, 2.24) is 0 Å². The summed E-state index contributed by atoms with van der Waals surface area (Å²) in [6.07, 6.45) is 2.26. The molecular formula is C14H20O. The molecule has 1 nitrogen and oxygen atoms in total.